The number of aromatic nitrogens is 2. The van der Waals surface area contributed by atoms with Crippen molar-refractivity contribution in [1.82, 2.24) is 9.55 Å². The molecule has 0 aliphatic carbocycles. The molecule has 4 nitrogen and oxygen atoms in total. The number of rotatable bonds is 2. The molecular weight excluding hydrogens is 260 g/mol. The molecule has 0 saturated carbocycles. The Kier molecular flexibility index (Phi) is 3.26. The summed E-state index contributed by atoms with van der Waals surface area (Å²) in [5.74, 6) is 0. The van der Waals surface area contributed by atoms with Crippen molar-refractivity contribution in [2.24, 2.45) is 0 Å². The normalized spacial score (nSPS) is 12.6. The zero-order valence-electron chi connectivity index (χ0n) is 11.6. The molecule has 2 rings (SSSR count). The number of hydrogen-bond donors (Lipinski definition) is 0. The first kappa shape index (κ1) is 13.8. The van der Waals surface area contributed by atoms with E-state index in [1.54, 1.807) is 10.8 Å². The highest BCUT2D eigenvalue weighted by molar-refractivity contribution is 7.90. The van der Waals surface area contributed by atoms with Crippen LogP contribution in [0.4, 0.5) is 0 Å². The van der Waals surface area contributed by atoms with E-state index in [0.717, 1.165) is 11.9 Å². The number of benzene rings is 1. The zero-order valence-corrected chi connectivity index (χ0v) is 12.4. The Morgan fingerprint density at radius 3 is 2.16 bits per heavy atom. The minimum Gasteiger partial charge on any atom is -0.291 e. The molecule has 0 N–H and O–H groups in total. The highest BCUT2D eigenvalue weighted by Crippen LogP contribution is 2.24. The Bertz CT molecular complexity index is 677. The van der Waals surface area contributed by atoms with E-state index in [2.05, 4.69) is 25.8 Å². The van der Waals surface area contributed by atoms with Gasteiger partial charge in [-0.3, -0.25) is 4.57 Å². The first-order chi connectivity index (χ1) is 8.69. The molecule has 0 saturated heterocycles. The van der Waals surface area contributed by atoms with Crippen LogP contribution in [-0.4, -0.2) is 24.2 Å². The third-order valence-electron chi connectivity index (χ3n) is 2.95. The summed E-state index contributed by atoms with van der Waals surface area (Å²) < 4.78 is 24.8. The van der Waals surface area contributed by atoms with Crippen molar-refractivity contribution in [3.8, 4) is 5.69 Å². The van der Waals surface area contributed by atoms with Crippen LogP contribution in [0, 0.1) is 0 Å². The molecule has 0 bridgehead atoms. The highest BCUT2D eigenvalue weighted by Gasteiger charge is 2.17. The lowest BCUT2D eigenvalue weighted by Gasteiger charge is -2.19. The van der Waals surface area contributed by atoms with Crippen LogP contribution in [0.25, 0.3) is 5.69 Å². The number of hydrogen-bond acceptors (Lipinski definition) is 3. The van der Waals surface area contributed by atoms with Crippen LogP contribution in [0.1, 0.15) is 26.3 Å². The fraction of sp³-hybridized carbons (Fsp3) is 0.357. The van der Waals surface area contributed by atoms with Gasteiger partial charge in [0, 0.05) is 24.3 Å². The summed E-state index contributed by atoms with van der Waals surface area (Å²) in [6, 6.07) is 7.86. The summed E-state index contributed by atoms with van der Waals surface area (Å²) in [6.07, 6.45) is 4.31. The molecule has 0 unspecified atom stereocenters. The predicted octanol–water partition coefficient (Wildman–Crippen LogP) is 2.57. The third-order valence-corrected chi connectivity index (χ3v) is 3.92. The number of nitrogens with zero attached hydrogens (tertiary/aromatic N) is 2. The second-order valence-corrected chi connectivity index (χ2v) is 7.56. The van der Waals surface area contributed by atoms with Crippen LogP contribution in [-0.2, 0) is 15.3 Å². The minimum absolute atomic E-state index is 0.0657. The summed E-state index contributed by atoms with van der Waals surface area (Å²) in [5.41, 5.74) is 2.08. The quantitative estimate of drug-likeness (QED) is 0.848. The van der Waals surface area contributed by atoms with Crippen LogP contribution < -0.4 is 0 Å². The van der Waals surface area contributed by atoms with Gasteiger partial charge < -0.3 is 0 Å². The van der Waals surface area contributed by atoms with E-state index in [0.29, 0.717) is 0 Å². The Balaban J connectivity index is 2.48. The summed E-state index contributed by atoms with van der Waals surface area (Å²) in [5, 5.41) is 0.0657. The van der Waals surface area contributed by atoms with Gasteiger partial charge in [0.05, 0.1) is 0 Å². The van der Waals surface area contributed by atoms with Crippen molar-refractivity contribution in [2.45, 2.75) is 31.3 Å². The average Bonchev–Trinajstić information content (AvgIpc) is 2.76. The Labute approximate surface area is 114 Å². The van der Waals surface area contributed by atoms with Gasteiger partial charge in [-0.15, -0.1) is 0 Å². The maximum Gasteiger partial charge on any atom is 0.231 e. The van der Waals surface area contributed by atoms with Crippen molar-refractivity contribution >= 4 is 9.84 Å². The zero-order chi connectivity index (χ0) is 14.3. The van der Waals surface area contributed by atoms with Crippen molar-refractivity contribution in [1.29, 1.82) is 0 Å². The van der Waals surface area contributed by atoms with Gasteiger partial charge >= 0.3 is 0 Å². The van der Waals surface area contributed by atoms with E-state index in [9.17, 15) is 8.42 Å². The van der Waals surface area contributed by atoms with Gasteiger partial charge in [-0.2, -0.15) is 0 Å². The standard InChI is InChI=1S/C14H18N2O2S/c1-14(2,3)11-5-7-12(8-6-11)16-10-9-15-13(16)19(4,17)18/h5-10H,1-4H3. The number of imidazole rings is 1. The van der Waals surface area contributed by atoms with Crippen LogP contribution >= 0.6 is 0 Å². The van der Waals surface area contributed by atoms with Crippen molar-refractivity contribution in [3.05, 3.63) is 42.2 Å². The van der Waals surface area contributed by atoms with E-state index in [4.69, 9.17) is 0 Å². The van der Waals surface area contributed by atoms with Gasteiger partial charge in [-0.1, -0.05) is 32.9 Å². The van der Waals surface area contributed by atoms with Gasteiger partial charge in [-0.05, 0) is 23.1 Å². The fourth-order valence-electron chi connectivity index (χ4n) is 1.88. The maximum absolute atomic E-state index is 11.6. The molecule has 5 heteroatoms. The largest absolute Gasteiger partial charge is 0.291 e. The Hall–Kier alpha value is -1.62. The Morgan fingerprint density at radius 1 is 1.11 bits per heavy atom. The molecule has 0 aliphatic heterocycles. The fourth-order valence-corrected chi connectivity index (χ4v) is 2.66. The van der Waals surface area contributed by atoms with E-state index in [1.165, 1.54) is 11.8 Å². The van der Waals surface area contributed by atoms with E-state index >= 15 is 0 Å². The second-order valence-electron chi connectivity index (χ2n) is 5.65. The molecule has 1 heterocycles. The predicted molar refractivity (Wildman–Crippen MR) is 75.4 cm³/mol. The summed E-state index contributed by atoms with van der Waals surface area (Å²) in [6.45, 7) is 6.42. The molecule has 0 spiro atoms. The molecule has 2 aromatic rings. The lowest BCUT2D eigenvalue weighted by Crippen LogP contribution is -2.11. The smallest absolute Gasteiger partial charge is 0.231 e. The summed E-state index contributed by atoms with van der Waals surface area (Å²) in [7, 11) is -3.32. The molecule has 0 fully saturated rings. The molecule has 0 radical (unpaired) electrons. The van der Waals surface area contributed by atoms with Gasteiger partial charge in [0.1, 0.15) is 0 Å². The molecule has 19 heavy (non-hydrogen) atoms. The van der Waals surface area contributed by atoms with Crippen LogP contribution in [0.15, 0.2) is 41.8 Å². The van der Waals surface area contributed by atoms with Crippen LogP contribution in [0.3, 0.4) is 0 Å². The van der Waals surface area contributed by atoms with Crippen molar-refractivity contribution in [3.63, 3.8) is 0 Å². The van der Waals surface area contributed by atoms with Gasteiger partial charge in [0.25, 0.3) is 0 Å². The average molecular weight is 278 g/mol. The molecule has 0 amide bonds. The van der Waals surface area contributed by atoms with E-state index in [-0.39, 0.29) is 10.6 Å². The summed E-state index contributed by atoms with van der Waals surface area (Å²) >= 11 is 0. The summed E-state index contributed by atoms with van der Waals surface area (Å²) in [4.78, 5) is 3.91. The molecule has 102 valence electrons. The lowest BCUT2D eigenvalue weighted by atomic mass is 9.87. The topological polar surface area (TPSA) is 52.0 Å². The third kappa shape index (κ3) is 2.87. The second kappa shape index (κ2) is 4.49. The van der Waals surface area contributed by atoms with Crippen molar-refractivity contribution in [2.75, 3.05) is 6.26 Å². The minimum atomic E-state index is -3.32. The molecule has 1 aromatic heterocycles. The maximum atomic E-state index is 11.6. The van der Waals surface area contributed by atoms with E-state index in [1.807, 2.05) is 24.3 Å². The van der Waals surface area contributed by atoms with Crippen LogP contribution in [0.2, 0.25) is 0 Å². The highest BCUT2D eigenvalue weighted by atomic mass is 32.2. The molecule has 1 aromatic carbocycles. The van der Waals surface area contributed by atoms with Gasteiger partial charge in [-0.25, -0.2) is 13.4 Å². The Morgan fingerprint density at radius 2 is 1.68 bits per heavy atom. The van der Waals surface area contributed by atoms with E-state index < -0.39 is 9.84 Å². The van der Waals surface area contributed by atoms with Gasteiger partial charge in [0.15, 0.2) is 0 Å². The molecular formula is C14H18N2O2S. The van der Waals surface area contributed by atoms with Gasteiger partial charge in [0.2, 0.25) is 15.0 Å². The molecule has 0 atom stereocenters. The lowest BCUT2D eigenvalue weighted by molar-refractivity contribution is 0.587. The first-order valence-electron chi connectivity index (χ1n) is 6.04. The molecule has 0 aliphatic rings. The monoisotopic (exact) mass is 278 g/mol. The van der Waals surface area contributed by atoms with Crippen LogP contribution in [0.5, 0.6) is 0 Å². The van der Waals surface area contributed by atoms with Crippen molar-refractivity contribution < 1.29 is 8.42 Å². The SMILES string of the molecule is CC(C)(C)c1ccc(-n2ccnc2S(C)(=O)=O)cc1. The number of sulfone groups is 1. The first-order valence-corrected chi connectivity index (χ1v) is 7.93.